The molecule has 0 aliphatic carbocycles. The molecule has 0 radical (unpaired) electrons. The summed E-state index contributed by atoms with van der Waals surface area (Å²) in [5.41, 5.74) is 8.77. The Morgan fingerprint density at radius 1 is 1.05 bits per heavy atom. The molecule has 5 nitrogen and oxygen atoms in total. The molecule has 106 valence electrons. The normalized spacial score (nSPS) is 10.8. The van der Waals surface area contributed by atoms with E-state index >= 15 is 0 Å². The van der Waals surface area contributed by atoms with Gasteiger partial charge in [-0.3, -0.25) is 0 Å². The van der Waals surface area contributed by atoms with Crippen LogP contribution in [0.3, 0.4) is 0 Å². The molecule has 0 aliphatic rings. The first-order valence-electron chi connectivity index (χ1n) is 6.16. The van der Waals surface area contributed by atoms with Gasteiger partial charge in [-0.1, -0.05) is 29.3 Å². The fraction of sp³-hybridized carbons (Fsp3) is 0.0714. The summed E-state index contributed by atoms with van der Waals surface area (Å²) in [4.78, 5) is 0. The lowest BCUT2D eigenvalue weighted by Gasteiger charge is -2.08. The molecular weight excluding hydrogens is 309 g/mol. The van der Waals surface area contributed by atoms with E-state index in [1.807, 2.05) is 31.2 Å². The topological polar surface area (TPSA) is 69.6 Å². The highest BCUT2D eigenvalue weighted by molar-refractivity contribution is 6.33. The summed E-state index contributed by atoms with van der Waals surface area (Å²) in [6.07, 6.45) is 0. The molecule has 2 N–H and O–H groups in total. The lowest BCUT2D eigenvalue weighted by molar-refractivity contribution is 0.791. The Hall–Kier alpha value is -2.11. The maximum absolute atomic E-state index is 6.24. The van der Waals surface area contributed by atoms with Gasteiger partial charge in [-0.15, -0.1) is 5.10 Å². The summed E-state index contributed by atoms with van der Waals surface area (Å²) in [5, 5.41) is 12.8. The summed E-state index contributed by atoms with van der Waals surface area (Å²) < 4.78 is 1.58. The molecule has 0 unspecified atom stereocenters. The van der Waals surface area contributed by atoms with Crippen molar-refractivity contribution < 1.29 is 0 Å². The van der Waals surface area contributed by atoms with Crippen molar-refractivity contribution in [2.45, 2.75) is 6.92 Å². The molecule has 1 aromatic heterocycles. The summed E-state index contributed by atoms with van der Waals surface area (Å²) in [6, 6.07) is 10.9. The van der Waals surface area contributed by atoms with Gasteiger partial charge >= 0.3 is 0 Å². The van der Waals surface area contributed by atoms with E-state index in [2.05, 4.69) is 15.5 Å². The van der Waals surface area contributed by atoms with Crippen LogP contribution in [-0.4, -0.2) is 20.2 Å². The molecule has 0 amide bonds. The van der Waals surface area contributed by atoms with Gasteiger partial charge < -0.3 is 5.73 Å². The van der Waals surface area contributed by atoms with Gasteiger partial charge in [-0.05, 0) is 53.2 Å². The van der Waals surface area contributed by atoms with Crippen molar-refractivity contribution in [1.82, 2.24) is 20.2 Å². The van der Waals surface area contributed by atoms with Gasteiger partial charge in [0, 0.05) is 5.56 Å². The van der Waals surface area contributed by atoms with E-state index in [0.717, 1.165) is 11.1 Å². The van der Waals surface area contributed by atoms with Gasteiger partial charge in [0.25, 0.3) is 0 Å². The molecule has 0 saturated heterocycles. The number of aromatic nitrogens is 4. The zero-order valence-corrected chi connectivity index (χ0v) is 12.6. The second kappa shape index (κ2) is 5.35. The Bertz CT molecular complexity index is 813. The highest BCUT2D eigenvalue weighted by Crippen LogP contribution is 2.28. The van der Waals surface area contributed by atoms with Crippen molar-refractivity contribution in [2.75, 3.05) is 5.73 Å². The number of anilines is 1. The molecule has 0 fully saturated rings. The fourth-order valence-electron chi connectivity index (χ4n) is 1.98. The number of hydrogen-bond donors (Lipinski definition) is 1. The number of nitrogens with zero attached hydrogens (tertiary/aromatic N) is 4. The summed E-state index contributed by atoms with van der Waals surface area (Å²) in [7, 11) is 0. The van der Waals surface area contributed by atoms with E-state index < -0.39 is 0 Å². The van der Waals surface area contributed by atoms with E-state index in [1.54, 1.807) is 16.8 Å². The van der Waals surface area contributed by atoms with Crippen LogP contribution in [0.1, 0.15) is 5.56 Å². The molecule has 0 saturated carbocycles. The number of halogens is 2. The Morgan fingerprint density at radius 2 is 1.86 bits per heavy atom. The van der Waals surface area contributed by atoms with E-state index in [4.69, 9.17) is 28.9 Å². The van der Waals surface area contributed by atoms with Crippen LogP contribution >= 0.6 is 23.2 Å². The molecule has 3 rings (SSSR count). The Balaban J connectivity index is 2.17. The monoisotopic (exact) mass is 319 g/mol. The molecule has 1 heterocycles. The van der Waals surface area contributed by atoms with Crippen molar-refractivity contribution in [2.24, 2.45) is 0 Å². The number of nitrogen functional groups attached to an aromatic ring is 1. The maximum Gasteiger partial charge on any atom is 0.187 e. The minimum Gasteiger partial charge on any atom is -0.398 e. The molecule has 2 aromatic carbocycles. The van der Waals surface area contributed by atoms with E-state index in [1.165, 1.54) is 0 Å². The van der Waals surface area contributed by atoms with Crippen LogP contribution in [0.25, 0.3) is 17.1 Å². The van der Waals surface area contributed by atoms with Crippen LogP contribution in [0.15, 0.2) is 36.4 Å². The standard InChI is InChI=1S/C14H11Cl2N5/c1-8-2-4-10(15)13(6-8)21-14(18-19-20-21)9-3-5-12(17)11(16)7-9/h2-7H,17H2,1H3. The van der Waals surface area contributed by atoms with Gasteiger partial charge in [-0.25, -0.2) is 0 Å². The number of rotatable bonds is 2. The van der Waals surface area contributed by atoms with Crippen molar-refractivity contribution in [3.63, 3.8) is 0 Å². The van der Waals surface area contributed by atoms with Gasteiger partial charge in [0.2, 0.25) is 0 Å². The highest BCUT2D eigenvalue weighted by atomic mass is 35.5. The van der Waals surface area contributed by atoms with E-state index in [0.29, 0.717) is 27.2 Å². The quantitative estimate of drug-likeness (QED) is 0.733. The highest BCUT2D eigenvalue weighted by Gasteiger charge is 2.14. The Kier molecular flexibility index (Phi) is 3.53. The third-order valence-electron chi connectivity index (χ3n) is 3.06. The van der Waals surface area contributed by atoms with Gasteiger partial charge in [0.15, 0.2) is 5.82 Å². The van der Waals surface area contributed by atoms with Crippen molar-refractivity contribution in [1.29, 1.82) is 0 Å². The third-order valence-corrected chi connectivity index (χ3v) is 3.70. The average molecular weight is 320 g/mol. The first-order valence-corrected chi connectivity index (χ1v) is 6.92. The maximum atomic E-state index is 6.24. The second-order valence-corrected chi connectivity index (χ2v) is 5.42. The third kappa shape index (κ3) is 2.57. The molecular formula is C14H11Cl2N5. The van der Waals surface area contributed by atoms with Gasteiger partial charge in [0.05, 0.1) is 21.4 Å². The predicted octanol–water partition coefficient (Wildman–Crippen LogP) is 3.53. The zero-order valence-electron chi connectivity index (χ0n) is 11.1. The minimum atomic E-state index is 0.456. The first-order chi connectivity index (χ1) is 10.1. The van der Waals surface area contributed by atoms with Crippen molar-refractivity contribution >= 4 is 28.9 Å². The lowest BCUT2D eigenvalue weighted by atomic mass is 10.2. The van der Waals surface area contributed by atoms with Crippen LogP contribution in [-0.2, 0) is 0 Å². The molecule has 0 bridgehead atoms. The SMILES string of the molecule is Cc1ccc(Cl)c(-n2nnnc2-c2ccc(N)c(Cl)c2)c1. The van der Waals surface area contributed by atoms with Crippen LogP contribution in [0.2, 0.25) is 10.0 Å². The van der Waals surface area contributed by atoms with Crippen LogP contribution in [0, 0.1) is 6.92 Å². The lowest BCUT2D eigenvalue weighted by Crippen LogP contribution is -2.01. The Labute approximate surface area is 131 Å². The van der Waals surface area contributed by atoms with Crippen LogP contribution in [0.5, 0.6) is 0 Å². The zero-order chi connectivity index (χ0) is 15.0. The average Bonchev–Trinajstić information content (AvgIpc) is 2.93. The van der Waals surface area contributed by atoms with E-state index in [9.17, 15) is 0 Å². The molecule has 0 atom stereocenters. The van der Waals surface area contributed by atoms with Gasteiger partial charge in [-0.2, -0.15) is 4.68 Å². The van der Waals surface area contributed by atoms with Crippen LogP contribution < -0.4 is 5.73 Å². The number of benzene rings is 2. The second-order valence-electron chi connectivity index (χ2n) is 4.61. The molecule has 0 aliphatic heterocycles. The summed E-state index contributed by atoms with van der Waals surface area (Å²) >= 11 is 12.3. The molecule has 7 heteroatoms. The number of aryl methyl sites for hydroxylation is 1. The number of nitrogens with two attached hydrogens (primary N) is 1. The largest absolute Gasteiger partial charge is 0.398 e. The molecule has 3 aromatic rings. The van der Waals surface area contributed by atoms with Gasteiger partial charge in [0.1, 0.15) is 0 Å². The first kappa shape index (κ1) is 13.9. The van der Waals surface area contributed by atoms with Crippen molar-refractivity contribution in [3.8, 4) is 17.1 Å². The van der Waals surface area contributed by atoms with E-state index in [-0.39, 0.29) is 0 Å². The molecule has 0 spiro atoms. The number of tetrazole rings is 1. The molecule has 21 heavy (non-hydrogen) atoms. The summed E-state index contributed by atoms with van der Waals surface area (Å²) in [5.74, 6) is 0.546. The summed E-state index contributed by atoms with van der Waals surface area (Å²) in [6.45, 7) is 1.98. The minimum absolute atomic E-state index is 0.456. The van der Waals surface area contributed by atoms with Crippen LogP contribution in [0.4, 0.5) is 5.69 Å². The Morgan fingerprint density at radius 3 is 2.62 bits per heavy atom. The smallest absolute Gasteiger partial charge is 0.187 e. The predicted molar refractivity (Wildman–Crippen MR) is 83.8 cm³/mol. The fourth-order valence-corrected chi connectivity index (χ4v) is 2.36. The van der Waals surface area contributed by atoms with Crippen molar-refractivity contribution in [3.05, 3.63) is 52.0 Å². The number of hydrogen-bond acceptors (Lipinski definition) is 4.